The van der Waals surface area contributed by atoms with E-state index in [0.717, 1.165) is 24.2 Å². The molecule has 2 amide bonds. The molecule has 112 valence electrons. The van der Waals surface area contributed by atoms with Gasteiger partial charge in [0.15, 0.2) is 0 Å². The molecule has 0 saturated carbocycles. The van der Waals surface area contributed by atoms with Crippen molar-refractivity contribution in [3.05, 3.63) is 15.6 Å². The number of aromatic nitrogens is 1. The average molecular weight is 299 g/mol. The molecule has 0 spiro atoms. The van der Waals surface area contributed by atoms with Crippen LogP contribution in [0.4, 0.5) is 4.79 Å². The van der Waals surface area contributed by atoms with E-state index < -0.39 is 5.97 Å². The highest BCUT2D eigenvalue weighted by Crippen LogP contribution is 2.17. The molecule has 0 saturated heterocycles. The third kappa shape index (κ3) is 4.19. The predicted molar refractivity (Wildman–Crippen MR) is 78.2 cm³/mol. The lowest BCUT2D eigenvalue weighted by Crippen LogP contribution is -2.42. The number of carbonyl (C=O) groups excluding carboxylic acids is 1. The molecule has 0 aliphatic rings. The fourth-order valence-corrected chi connectivity index (χ4v) is 2.66. The second-order valence-corrected chi connectivity index (χ2v) is 5.82. The highest BCUT2D eigenvalue weighted by atomic mass is 32.1. The summed E-state index contributed by atoms with van der Waals surface area (Å²) in [5, 5.41) is 12.3. The molecule has 0 fully saturated rings. The number of aromatic carboxylic acids is 1. The minimum atomic E-state index is -0.980. The van der Waals surface area contributed by atoms with Crippen molar-refractivity contribution in [3.8, 4) is 0 Å². The Kier molecular flexibility index (Phi) is 5.94. The summed E-state index contributed by atoms with van der Waals surface area (Å²) >= 11 is 1.10. The molecule has 20 heavy (non-hydrogen) atoms. The Bertz CT molecular complexity index is 487. The number of thiazole rings is 1. The van der Waals surface area contributed by atoms with Crippen molar-refractivity contribution in [1.29, 1.82) is 0 Å². The van der Waals surface area contributed by atoms with E-state index in [0.29, 0.717) is 10.7 Å². The average Bonchev–Trinajstić information content (AvgIpc) is 2.76. The van der Waals surface area contributed by atoms with E-state index >= 15 is 0 Å². The lowest BCUT2D eigenvalue weighted by Gasteiger charge is -2.24. The number of urea groups is 1. The Hall–Kier alpha value is -1.63. The van der Waals surface area contributed by atoms with E-state index in [4.69, 9.17) is 5.11 Å². The molecule has 0 aromatic carbocycles. The number of rotatable bonds is 6. The van der Waals surface area contributed by atoms with Crippen molar-refractivity contribution in [2.45, 2.75) is 46.2 Å². The lowest BCUT2D eigenvalue weighted by atomic mass is 10.2. The first-order chi connectivity index (χ1) is 9.36. The Labute approximate surface area is 122 Å². The van der Waals surface area contributed by atoms with E-state index in [1.165, 1.54) is 0 Å². The van der Waals surface area contributed by atoms with Gasteiger partial charge in [-0.2, -0.15) is 0 Å². The molecule has 7 heteroatoms. The summed E-state index contributed by atoms with van der Waals surface area (Å²) in [5.74, 6) is -0.980. The van der Waals surface area contributed by atoms with Gasteiger partial charge in [0.2, 0.25) is 0 Å². The largest absolute Gasteiger partial charge is 0.477 e. The van der Waals surface area contributed by atoms with Crippen LogP contribution in [-0.4, -0.2) is 40.1 Å². The summed E-state index contributed by atoms with van der Waals surface area (Å²) in [6.07, 6.45) is 1.97. The molecule has 1 heterocycles. The van der Waals surface area contributed by atoms with Crippen LogP contribution in [0.15, 0.2) is 0 Å². The van der Waals surface area contributed by atoms with Gasteiger partial charge in [0.05, 0.1) is 12.2 Å². The Balaban J connectivity index is 2.56. The molecular formula is C13H21N3O3S. The number of carboxylic acids is 1. The molecule has 0 radical (unpaired) electrons. The zero-order chi connectivity index (χ0) is 15.3. The number of nitrogens with one attached hydrogen (secondary N) is 1. The van der Waals surface area contributed by atoms with Crippen molar-refractivity contribution in [2.24, 2.45) is 0 Å². The maximum absolute atomic E-state index is 11.9. The molecule has 0 bridgehead atoms. The minimum Gasteiger partial charge on any atom is -0.477 e. The van der Waals surface area contributed by atoms with E-state index in [2.05, 4.69) is 17.2 Å². The molecule has 1 aromatic heterocycles. The highest BCUT2D eigenvalue weighted by molar-refractivity contribution is 7.13. The van der Waals surface area contributed by atoms with Gasteiger partial charge >= 0.3 is 12.0 Å². The zero-order valence-corrected chi connectivity index (χ0v) is 13.1. The first-order valence-corrected chi connectivity index (χ1v) is 7.38. The molecule has 6 nitrogen and oxygen atoms in total. The second-order valence-electron chi connectivity index (χ2n) is 4.73. The lowest BCUT2D eigenvalue weighted by molar-refractivity contribution is 0.0701. The van der Waals surface area contributed by atoms with E-state index in [1.54, 1.807) is 18.9 Å². The molecule has 2 N–H and O–H groups in total. The molecular weight excluding hydrogens is 278 g/mol. The second kappa shape index (κ2) is 7.23. The fourth-order valence-electron chi connectivity index (χ4n) is 1.81. The number of amides is 2. The fraction of sp³-hybridized carbons (Fsp3) is 0.615. The van der Waals surface area contributed by atoms with Crippen molar-refractivity contribution < 1.29 is 14.7 Å². The monoisotopic (exact) mass is 299 g/mol. The zero-order valence-electron chi connectivity index (χ0n) is 12.3. The number of hydrogen-bond donors (Lipinski definition) is 2. The number of carboxylic acid groups (broad SMARTS) is 1. The number of carbonyl (C=O) groups is 2. The number of aryl methyl sites for hydroxylation is 1. The molecule has 1 rings (SSSR count). The maximum atomic E-state index is 11.9. The Morgan fingerprint density at radius 3 is 2.65 bits per heavy atom. The van der Waals surface area contributed by atoms with Crippen LogP contribution >= 0.6 is 11.3 Å². The van der Waals surface area contributed by atoms with Gasteiger partial charge in [0, 0.05) is 13.1 Å². The standard InChI is InChI=1S/C13H21N3O3S/c1-5-6-8(2)16(4)13(19)14-7-10-15-9(3)11(20-10)12(17)18/h8H,5-7H2,1-4H3,(H,14,19)(H,17,18). The van der Waals surface area contributed by atoms with Gasteiger partial charge in [-0.25, -0.2) is 14.6 Å². The highest BCUT2D eigenvalue weighted by Gasteiger charge is 2.17. The van der Waals surface area contributed by atoms with Crippen LogP contribution < -0.4 is 5.32 Å². The van der Waals surface area contributed by atoms with Crippen molar-refractivity contribution in [3.63, 3.8) is 0 Å². The molecule has 0 aliphatic carbocycles. The summed E-state index contributed by atoms with van der Waals surface area (Å²) in [6, 6.07) is 0.00305. The minimum absolute atomic E-state index is 0.171. The summed E-state index contributed by atoms with van der Waals surface area (Å²) in [6.45, 7) is 5.98. The molecule has 1 atom stereocenters. The molecule has 1 aromatic rings. The van der Waals surface area contributed by atoms with Gasteiger partial charge in [0.1, 0.15) is 9.88 Å². The predicted octanol–water partition coefficient (Wildman–Crippen LogP) is 2.48. The van der Waals surface area contributed by atoms with Crippen LogP contribution in [0, 0.1) is 6.92 Å². The Morgan fingerprint density at radius 1 is 1.50 bits per heavy atom. The van der Waals surface area contributed by atoms with Gasteiger partial charge in [-0.05, 0) is 20.3 Å². The van der Waals surface area contributed by atoms with Crippen molar-refractivity contribution in [1.82, 2.24) is 15.2 Å². The summed E-state index contributed by atoms with van der Waals surface area (Å²) < 4.78 is 0. The first kappa shape index (κ1) is 16.4. The third-order valence-corrected chi connectivity index (χ3v) is 4.26. The van der Waals surface area contributed by atoms with Gasteiger partial charge in [-0.3, -0.25) is 0 Å². The molecule has 1 unspecified atom stereocenters. The summed E-state index contributed by atoms with van der Waals surface area (Å²) in [4.78, 5) is 28.9. The van der Waals surface area contributed by atoms with Crippen LogP contribution in [-0.2, 0) is 6.54 Å². The SMILES string of the molecule is CCCC(C)N(C)C(=O)NCc1nc(C)c(C(=O)O)s1. The van der Waals surface area contributed by atoms with E-state index in [1.807, 2.05) is 6.92 Å². The van der Waals surface area contributed by atoms with Crippen molar-refractivity contribution in [2.75, 3.05) is 7.05 Å². The van der Waals surface area contributed by atoms with E-state index in [9.17, 15) is 9.59 Å². The number of hydrogen-bond acceptors (Lipinski definition) is 4. The quantitative estimate of drug-likeness (QED) is 0.845. The van der Waals surface area contributed by atoms with Gasteiger partial charge in [-0.15, -0.1) is 11.3 Å². The summed E-state index contributed by atoms with van der Waals surface area (Å²) in [5.41, 5.74) is 0.486. The smallest absolute Gasteiger partial charge is 0.347 e. The van der Waals surface area contributed by atoms with Gasteiger partial charge in [-0.1, -0.05) is 13.3 Å². The first-order valence-electron chi connectivity index (χ1n) is 6.57. The topological polar surface area (TPSA) is 82.5 Å². The third-order valence-electron chi connectivity index (χ3n) is 3.11. The molecule has 0 aliphatic heterocycles. The maximum Gasteiger partial charge on any atom is 0.347 e. The van der Waals surface area contributed by atoms with Crippen molar-refractivity contribution >= 4 is 23.3 Å². The Morgan fingerprint density at radius 2 is 2.15 bits per heavy atom. The van der Waals surface area contributed by atoms with Crippen LogP contribution in [0.3, 0.4) is 0 Å². The number of nitrogens with zero attached hydrogens (tertiary/aromatic N) is 2. The van der Waals surface area contributed by atoms with Crippen LogP contribution in [0.2, 0.25) is 0 Å². The van der Waals surface area contributed by atoms with Gasteiger partial charge < -0.3 is 15.3 Å². The van der Waals surface area contributed by atoms with Gasteiger partial charge in [0.25, 0.3) is 0 Å². The summed E-state index contributed by atoms with van der Waals surface area (Å²) in [7, 11) is 1.76. The van der Waals surface area contributed by atoms with Crippen LogP contribution in [0.25, 0.3) is 0 Å². The normalized spacial score (nSPS) is 12.0. The van der Waals surface area contributed by atoms with Crippen LogP contribution in [0.5, 0.6) is 0 Å². The van der Waals surface area contributed by atoms with Crippen LogP contribution in [0.1, 0.15) is 47.1 Å². The van der Waals surface area contributed by atoms with E-state index in [-0.39, 0.29) is 23.5 Å².